The molecule has 0 spiro atoms. The predicted molar refractivity (Wildman–Crippen MR) is 101 cm³/mol. The Labute approximate surface area is 160 Å². The highest BCUT2D eigenvalue weighted by atomic mass is 32.1. The third kappa shape index (κ3) is 3.36. The summed E-state index contributed by atoms with van der Waals surface area (Å²) < 4.78 is 26.9. The standard InChI is InChI=1S/C20H20F2N2O2S/c1-19(11-20(19,21)22)13-5-7-14(8-6-13)24-17(25)10-23-18(26)16-9-12-3-2-4-15(12)27-16/h5-9H,2-4,10-11H2,1H3,(H,23,26)(H,24,25). The highest BCUT2D eigenvalue weighted by Gasteiger charge is 2.68. The third-order valence-electron chi connectivity index (χ3n) is 5.44. The van der Waals surface area contributed by atoms with Crippen molar-refractivity contribution in [1.29, 1.82) is 0 Å². The van der Waals surface area contributed by atoms with E-state index in [1.165, 1.54) is 28.7 Å². The fourth-order valence-corrected chi connectivity index (χ4v) is 4.70. The summed E-state index contributed by atoms with van der Waals surface area (Å²) in [4.78, 5) is 26.1. The Bertz CT molecular complexity index is 886. The van der Waals surface area contributed by atoms with Gasteiger partial charge in [0.2, 0.25) is 5.91 Å². The zero-order chi connectivity index (χ0) is 19.2. The molecule has 2 aromatic rings. The lowest BCUT2D eigenvalue weighted by Crippen LogP contribution is -2.32. The van der Waals surface area contributed by atoms with E-state index in [1.54, 1.807) is 24.3 Å². The molecule has 0 saturated heterocycles. The van der Waals surface area contributed by atoms with Crippen LogP contribution in [-0.2, 0) is 23.1 Å². The first-order valence-electron chi connectivity index (χ1n) is 8.96. The summed E-state index contributed by atoms with van der Waals surface area (Å²) in [5, 5.41) is 5.29. The van der Waals surface area contributed by atoms with Gasteiger partial charge in [0, 0.05) is 17.0 Å². The van der Waals surface area contributed by atoms with Crippen LogP contribution in [0.25, 0.3) is 0 Å². The predicted octanol–water partition coefficient (Wildman–Crippen LogP) is 3.90. The van der Waals surface area contributed by atoms with Crippen molar-refractivity contribution in [2.45, 2.75) is 43.9 Å². The molecule has 1 unspecified atom stereocenters. The Morgan fingerprint density at radius 3 is 2.52 bits per heavy atom. The van der Waals surface area contributed by atoms with Gasteiger partial charge >= 0.3 is 0 Å². The van der Waals surface area contributed by atoms with Crippen LogP contribution in [-0.4, -0.2) is 24.3 Å². The number of rotatable bonds is 5. The molecule has 0 radical (unpaired) electrons. The first-order valence-corrected chi connectivity index (χ1v) is 9.78. The van der Waals surface area contributed by atoms with Gasteiger partial charge in [0.15, 0.2) is 0 Å². The maximum Gasteiger partial charge on any atom is 0.261 e. The summed E-state index contributed by atoms with van der Waals surface area (Å²) in [7, 11) is 0. The SMILES string of the molecule is CC1(c2ccc(NC(=O)CNC(=O)c3cc4c(s3)CCC4)cc2)CC1(F)F. The van der Waals surface area contributed by atoms with Gasteiger partial charge in [-0.3, -0.25) is 9.59 Å². The lowest BCUT2D eigenvalue weighted by Gasteiger charge is -2.12. The molecule has 1 aromatic heterocycles. The van der Waals surface area contributed by atoms with Gasteiger partial charge in [-0.05, 0) is 55.5 Å². The molecule has 1 aromatic carbocycles. The van der Waals surface area contributed by atoms with Crippen molar-refractivity contribution in [3.63, 3.8) is 0 Å². The van der Waals surface area contributed by atoms with E-state index >= 15 is 0 Å². The van der Waals surface area contributed by atoms with Crippen molar-refractivity contribution in [1.82, 2.24) is 5.32 Å². The number of carbonyl (C=O) groups is 2. The molecule has 2 aliphatic carbocycles. The fraction of sp³-hybridized carbons (Fsp3) is 0.400. The zero-order valence-electron chi connectivity index (χ0n) is 14.9. The van der Waals surface area contributed by atoms with Crippen molar-refractivity contribution in [3.05, 3.63) is 51.2 Å². The summed E-state index contributed by atoms with van der Waals surface area (Å²) in [5.41, 5.74) is 1.21. The number of nitrogens with one attached hydrogen (secondary N) is 2. The molecule has 1 saturated carbocycles. The molecule has 2 N–H and O–H groups in total. The van der Waals surface area contributed by atoms with E-state index in [1.807, 2.05) is 6.07 Å². The average molecular weight is 390 g/mol. The van der Waals surface area contributed by atoms with Gasteiger partial charge in [-0.2, -0.15) is 0 Å². The first-order chi connectivity index (χ1) is 12.8. The minimum absolute atomic E-state index is 0.140. The van der Waals surface area contributed by atoms with E-state index in [4.69, 9.17) is 0 Å². The minimum Gasteiger partial charge on any atom is -0.342 e. The number of carbonyl (C=O) groups excluding carboxylic acids is 2. The molecule has 2 aliphatic rings. The topological polar surface area (TPSA) is 58.2 Å². The minimum atomic E-state index is -2.66. The van der Waals surface area contributed by atoms with Crippen molar-refractivity contribution >= 4 is 28.8 Å². The van der Waals surface area contributed by atoms with Crippen LogP contribution in [0.5, 0.6) is 0 Å². The van der Waals surface area contributed by atoms with Gasteiger partial charge in [-0.25, -0.2) is 8.78 Å². The Morgan fingerprint density at radius 1 is 1.19 bits per heavy atom. The number of thiophene rings is 1. The molecule has 27 heavy (non-hydrogen) atoms. The summed E-state index contributed by atoms with van der Waals surface area (Å²) >= 11 is 1.49. The van der Waals surface area contributed by atoms with Gasteiger partial charge in [0.25, 0.3) is 11.8 Å². The van der Waals surface area contributed by atoms with Crippen LogP contribution in [0.2, 0.25) is 0 Å². The average Bonchev–Trinajstić information content (AvgIpc) is 3.00. The molecule has 4 nitrogen and oxygen atoms in total. The number of halogens is 2. The number of amides is 2. The van der Waals surface area contributed by atoms with E-state index in [-0.39, 0.29) is 24.8 Å². The first kappa shape index (κ1) is 18.1. The second kappa shape index (κ2) is 6.41. The molecular weight excluding hydrogens is 370 g/mol. The summed E-state index contributed by atoms with van der Waals surface area (Å²) in [6.45, 7) is 1.40. The number of hydrogen-bond donors (Lipinski definition) is 2. The zero-order valence-corrected chi connectivity index (χ0v) is 15.7. The number of aryl methyl sites for hydroxylation is 2. The van der Waals surface area contributed by atoms with Gasteiger partial charge in [0.05, 0.1) is 16.8 Å². The molecule has 4 rings (SSSR count). The smallest absolute Gasteiger partial charge is 0.261 e. The molecule has 1 fully saturated rings. The Balaban J connectivity index is 1.29. The maximum atomic E-state index is 13.4. The van der Waals surface area contributed by atoms with E-state index in [0.717, 1.165) is 19.3 Å². The maximum absolute atomic E-state index is 13.4. The molecular formula is C20H20F2N2O2S. The monoisotopic (exact) mass is 390 g/mol. The van der Waals surface area contributed by atoms with Gasteiger partial charge in [-0.1, -0.05) is 12.1 Å². The number of anilines is 1. The van der Waals surface area contributed by atoms with Crippen LogP contribution in [0.1, 0.15) is 45.4 Å². The molecule has 1 atom stereocenters. The molecule has 142 valence electrons. The summed E-state index contributed by atoms with van der Waals surface area (Å²) in [6.07, 6.45) is 3.03. The van der Waals surface area contributed by atoms with Crippen molar-refractivity contribution < 1.29 is 18.4 Å². The highest BCUT2D eigenvalue weighted by Crippen LogP contribution is 2.61. The van der Waals surface area contributed by atoms with E-state index in [0.29, 0.717) is 16.1 Å². The molecule has 7 heteroatoms. The number of alkyl halides is 2. The number of benzene rings is 1. The van der Waals surface area contributed by atoms with Crippen LogP contribution in [0.3, 0.4) is 0 Å². The molecule has 0 aliphatic heterocycles. The van der Waals surface area contributed by atoms with E-state index in [9.17, 15) is 18.4 Å². The van der Waals surface area contributed by atoms with Crippen molar-refractivity contribution in [3.8, 4) is 0 Å². The van der Waals surface area contributed by atoms with Crippen molar-refractivity contribution in [2.24, 2.45) is 0 Å². The van der Waals surface area contributed by atoms with Crippen LogP contribution in [0.15, 0.2) is 30.3 Å². The Kier molecular flexibility index (Phi) is 4.29. The highest BCUT2D eigenvalue weighted by molar-refractivity contribution is 7.14. The molecule has 2 amide bonds. The van der Waals surface area contributed by atoms with Gasteiger partial charge < -0.3 is 10.6 Å². The van der Waals surface area contributed by atoms with E-state index in [2.05, 4.69) is 10.6 Å². The second-order valence-corrected chi connectivity index (χ2v) is 8.57. The lowest BCUT2D eigenvalue weighted by atomic mass is 9.97. The fourth-order valence-electron chi connectivity index (χ4n) is 3.53. The largest absolute Gasteiger partial charge is 0.342 e. The molecule has 1 heterocycles. The van der Waals surface area contributed by atoms with E-state index < -0.39 is 11.3 Å². The van der Waals surface area contributed by atoms with Crippen LogP contribution < -0.4 is 10.6 Å². The van der Waals surface area contributed by atoms with Gasteiger partial charge in [0.1, 0.15) is 0 Å². The number of hydrogen-bond acceptors (Lipinski definition) is 3. The lowest BCUT2D eigenvalue weighted by molar-refractivity contribution is -0.115. The van der Waals surface area contributed by atoms with Crippen LogP contribution in [0.4, 0.5) is 14.5 Å². The molecule has 0 bridgehead atoms. The Morgan fingerprint density at radius 2 is 1.89 bits per heavy atom. The van der Waals surface area contributed by atoms with Crippen molar-refractivity contribution in [2.75, 3.05) is 11.9 Å². The van der Waals surface area contributed by atoms with Crippen LogP contribution >= 0.6 is 11.3 Å². The summed E-state index contributed by atoms with van der Waals surface area (Å²) in [5.74, 6) is -3.27. The second-order valence-electron chi connectivity index (χ2n) is 7.43. The Hall–Kier alpha value is -2.28. The van der Waals surface area contributed by atoms with Gasteiger partial charge in [-0.15, -0.1) is 11.3 Å². The van der Waals surface area contributed by atoms with Crippen LogP contribution in [0, 0.1) is 0 Å². The normalized spacial score (nSPS) is 22.2. The summed E-state index contributed by atoms with van der Waals surface area (Å²) in [6, 6.07) is 8.36. The third-order valence-corrected chi connectivity index (χ3v) is 6.68. The quantitative estimate of drug-likeness (QED) is 0.814. The number of fused-ring (bicyclic) bond motifs is 1.